The van der Waals surface area contributed by atoms with Crippen molar-refractivity contribution in [3.05, 3.63) is 151 Å². The van der Waals surface area contributed by atoms with Crippen LogP contribution in [0.5, 0.6) is 0 Å². The predicted molar refractivity (Wildman–Crippen MR) is 186 cm³/mol. The molecule has 0 fully saturated rings. The van der Waals surface area contributed by atoms with Gasteiger partial charge in [-0.2, -0.15) is 0 Å². The molecule has 6 aromatic carbocycles. The number of rotatable bonds is 4. The van der Waals surface area contributed by atoms with Crippen molar-refractivity contribution >= 4 is 21.9 Å². The smallest absolute Gasteiger partial charge is 0.167 e. The van der Waals surface area contributed by atoms with Crippen LogP contribution in [-0.2, 0) is 5.41 Å². The second-order valence-electron chi connectivity index (χ2n) is 12.4. The molecule has 2 heterocycles. The van der Waals surface area contributed by atoms with Crippen LogP contribution in [0.4, 0.5) is 0 Å². The Labute approximate surface area is 267 Å². The molecule has 0 aliphatic heterocycles. The normalized spacial score (nSPS) is 13.2. The van der Waals surface area contributed by atoms with E-state index < -0.39 is 0 Å². The fourth-order valence-corrected chi connectivity index (χ4v) is 7.08. The largest absolute Gasteiger partial charge is 0.455 e. The van der Waals surface area contributed by atoms with Crippen LogP contribution in [-0.4, -0.2) is 15.0 Å². The maximum Gasteiger partial charge on any atom is 0.167 e. The summed E-state index contributed by atoms with van der Waals surface area (Å²) in [4.78, 5) is 15.6. The summed E-state index contributed by atoms with van der Waals surface area (Å²) in [6.07, 6.45) is 0. The summed E-state index contributed by atoms with van der Waals surface area (Å²) in [7, 11) is 0. The van der Waals surface area contributed by atoms with Crippen LogP contribution in [0.1, 0.15) is 25.0 Å². The molecular weight excluding hydrogens is 562 g/mol. The van der Waals surface area contributed by atoms with Crippen molar-refractivity contribution in [2.75, 3.05) is 0 Å². The Morgan fingerprint density at radius 3 is 1.93 bits per heavy atom. The van der Waals surface area contributed by atoms with E-state index in [1.807, 2.05) is 30.3 Å². The van der Waals surface area contributed by atoms with E-state index in [2.05, 4.69) is 123 Å². The standard InChI is InChI=1S/C42H29N3O/c1-42(2)34-22-8-6-18-31(34)37-32(20-12-23-35(37)42)40-43-39(28-16-10-15-27(25-28)26-13-4-3-5-14-26)44-41(45-40)33-21-11-19-30-29-17-7-9-24-36(29)46-38(30)33/h3-25H,1-2H3. The molecule has 0 saturated carbocycles. The van der Waals surface area contributed by atoms with Gasteiger partial charge >= 0.3 is 0 Å². The highest BCUT2D eigenvalue weighted by Crippen LogP contribution is 2.51. The fourth-order valence-electron chi connectivity index (χ4n) is 7.08. The molecule has 46 heavy (non-hydrogen) atoms. The van der Waals surface area contributed by atoms with E-state index in [1.54, 1.807) is 0 Å². The Morgan fingerprint density at radius 2 is 1.04 bits per heavy atom. The number of nitrogens with zero attached hydrogens (tertiary/aromatic N) is 3. The third kappa shape index (κ3) is 4.04. The zero-order chi connectivity index (χ0) is 30.8. The van der Waals surface area contributed by atoms with Gasteiger partial charge in [-0.15, -0.1) is 0 Å². The van der Waals surface area contributed by atoms with E-state index >= 15 is 0 Å². The van der Waals surface area contributed by atoms with Crippen LogP contribution in [0.25, 0.3) is 78.4 Å². The van der Waals surface area contributed by atoms with Crippen LogP contribution in [0.2, 0.25) is 0 Å². The van der Waals surface area contributed by atoms with Crippen molar-refractivity contribution in [1.82, 2.24) is 15.0 Å². The van der Waals surface area contributed by atoms with Gasteiger partial charge in [-0.05, 0) is 51.6 Å². The van der Waals surface area contributed by atoms with Crippen molar-refractivity contribution in [3.8, 4) is 56.4 Å². The van der Waals surface area contributed by atoms with Crippen molar-refractivity contribution in [3.63, 3.8) is 0 Å². The zero-order valence-electron chi connectivity index (χ0n) is 25.5. The summed E-state index contributed by atoms with van der Waals surface area (Å²) in [5.41, 5.74) is 11.5. The summed E-state index contributed by atoms with van der Waals surface area (Å²) in [5, 5.41) is 2.11. The van der Waals surface area contributed by atoms with Crippen LogP contribution < -0.4 is 0 Å². The minimum Gasteiger partial charge on any atom is -0.455 e. The van der Waals surface area contributed by atoms with Gasteiger partial charge in [-0.25, -0.2) is 15.0 Å². The zero-order valence-corrected chi connectivity index (χ0v) is 25.5. The summed E-state index contributed by atoms with van der Waals surface area (Å²) in [6, 6.07) is 48.4. The molecule has 4 nitrogen and oxygen atoms in total. The third-order valence-corrected chi connectivity index (χ3v) is 9.36. The number of aromatic nitrogens is 3. The summed E-state index contributed by atoms with van der Waals surface area (Å²) >= 11 is 0. The number of benzene rings is 6. The first-order valence-corrected chi connectivity index (χ1v) is 15.6. The molecule has 0 spiro atoms. The molecule has 0 bridgehead atoms. The molecule has 1 aliphatic rings. The van der Waals surface area contributed by atoms with Gasteiger partial charge < -0.3 is 4.42 Å². The number of fused-ring (bicyclic) bond motifs is 6. The van der Waals surface area contributed by atoms with Crippen molar-refractivity contribution in [2.24, 2.45) is 0 Å². The molecule has 218 valence electrons. The van der Waals surface area contributed by atoms with Gasteiger partial charge in [0.1, 0.15) is 11.2 Å². The van der Waals surface area contributed by atoms with E-state index in [0.717, 1.165) is 49.8 Å². The van der Waals surface area contributed by atoms with Crippen LogP contribution in [0, 0.1) is 0 Å². The lowest BCUT2D eigenvalue weighted by atomic mass is 9.82. The maximum atomic E-state index is 6.45. The second-order valence-corrected chi connectivity index (χ2v) is 12.4. The van der Waals surface area contributed by atoms with E-state index in [4.69, 9.17) is 19.4 Å². The Morgan fingerprint density at radius 1 is 0.457 bits per heavy atom. The monoisotopic (exact) mass is 591 g/mol. The lowest BCUT2D eigenvalue weighted by Gasteiger charge is -2.21. The molecule has 4 heteroatoms. The summed E-state index contributed by atoms with van der Waals surface area (Å²) in [5.74, 6) is 1.84. The molecular formula is C42H29N3O. The van der Waals surface area contributed by atoms with E-state index in [1.165, 1.54) is 22.3 Å². The Bertz CT molecular complexity index is 2460. The Hall–Kier alpha value is -5.87. The minimum absolute atomic E-state index is 0.134. The molecule has 9 rings (SSSR count). The number of hydrogen-bond acceptors (Lipinski definition) is 4. The van der Waals surface area contributed by atoms with Crippen molar-refractivity contribution < 1.29 is 4.42 Å². The molecule has 1 aliphatic carbocycles. The van der Waals surface area contributed by atoms with Gasteiger partial charge in [0, 0.05) is 27.3 Å². The summed E-state index contributed by atoms with van der Waals surface area (Å²) < 4.78 is 6.45. The molecule has 0 atom stereocenters. The molecule has 0 unspecified atom stereocenters. The van der Waals surface area contributed by atoms with Crippen LogP contribution >= 0.6 is 0 Å². The quantitative estimate of drug-likeness (QED) is 0.204. The maximum absolute atomic E-state index is 6.45. The third-order valence-electron chi connectivity index (χ3n) is 9.36. The van der Waals surface area contributed by atoms with Gasteiger partial charge in [0.25, 0.3) is 0 Å². The Balaban J connectivity index is 1.31. The molecule has 2 aromatic heterocycles. The lowest BCUT2D eigenvalue weighted by Crippen LogP contribution is -2.14. The minimum atomic E-state index is -0.134. The van der Waals surface area contributed by atoms with Gasteiger partial charge in [0.15, 0.2) is 17.5 Å². The summed E-state index contributed by atoms with van der Waals surface area (Å²) in [6.45, 7) is 4.59. The number of furan rings is 1. The highest BCUT2D eigenvalue weighted by atomic mass is 16.3. The van der Waals surface area contributed by atoms with Gasteiger partial charge in [-0.3, -0.25) is 0 Å². The van der Waals surface area contributed by atoms with Gasteiger partial charge in [-0.1, -0.05) is 135 Å². The lowest BCUT2D eigenvalue weighted by molar-refractivity contribution is 0.660. The molecule has 0 N–H and O–H groups in total. The van der Waals surface area contributed by atoms with E-state index in [0.29, 0.717) is 17.5 Å². The molecule has 0 saturated heterocycles. The highest BCUT2D eigenvalue weighted by molar-refractivity contribution is 6.09. The topological polar surface area (TPSA) is 51.8 Å². The first-order chi connectivity index (χ1) is 22.6. The molecule has 0 amide bonds. The average molecular weight is 592 g/mol. The van der Waals surface area contributed by atoms with Gasteiger partial charge in [0.05, 0.1) is 5.56 Å². The van der Waals surface area contributed by atoms with Crippen LogP contribution in [0.3, 0.4) is 0 Å². The van der Waals surface area contributed by atoms with E-state index in [-0.39, 0.29) is 5.41 Å². The Kier molecular flexibility index (Phi) is 5.81. The van der Waals surface area contributed by atoms with Gasteiger partial charge in [0.2, 0.25) is 0 Å². The van der Waals surface area contributed by atoms with Crippen LogP contribution in [0.15, 0.2) is 144 Å². The molecule has 8 aromatic rings. The first kappa shape index (κ1) is 26.5. The number of hydrogen-bond donors (Lipinski definition) is 0. The van der Waals surface area contributed by atoms with Crippen molar-refractivity contribution in [1.29, 1.82) is 0 Å². The first-order valence-electron chi connectivity index (χ1n) is 15.6. The fraction of sp³-hybridized carbons (Fsp3) is 0.0714. The SMILES string of the molecule is CC1(C)c2ccccc2-c2c(-c3nc(-c4cccc(-c5ccccc5)c4)nc(-c4cccc5c4oc4ccccc45)n3)cccc21. The second kappa shape index (κ2) is 10.1. The molecule has 0 radical (unpaired) electrons. The number of para-hydroxylation sites is 2. The highest BCUT2D eigenvalue weighted by Gasteiger charge is 2.37. The average Bonchev–Trinajstić information content (AvgIpc) is 3.61. The van der Waals surface area contributed by atoms with Crippen molar-refractivity contribution in [2.45, 2.75) is 19.3 Å². The predicted octanol–water partition coefficient (Wildman–Crippen LogP) is 10.7. The van der Waals surface area contributed by atoms with E-state index in [9.17, 15) is 0 Å².